The average molecular weight is 257 g/mol. The molecule has 100 valence electrons. The molecular formula is C14H19N5. The number of nitrogens with zero attached hydrogens (tertiary/aromatic N) is 3. The van der Waals surface area contributed by atoms with Crippen molar-refractivity contribution in [3.63, 3.8) is 0 Å². The highest BCUT2D eigenvalue weighted by Crippen LogP contribution is 2.06. The standard InChI is InChI=1S/C14H19N5/c1-11-17-13(15-2)19-14(18-11)16-10-6-9-12-7-4-3-5-8-12/h3-5,7-8H,6,9-10H2,1-2H3,(H2,15,16,17,18,19). The second-order valence-electron chi connectivity index (χ2n) is 4.30. The Morgan fingerprint density at radius 2 is 1.74 bits per heavy atom. The third kappa shape index (κ3) is 4.21. The van der Waals surface area contributed by atoms with Gasteiger partial charge in [-0.15, -0.1) is 0 Å². The smallest absolute Gasteiger partial charge is 0.227 e. The van der Waals surface area contributed by atoms with Crippen molar-refractivity contribution in [2.75, 3.05) is 24.2 Å². The van der Waals surface area contributed by atoms with Crippen LogP contribution in [-0.2, 0) is 6.42 Å². The van der Waals surface area contributed by atoms with E-state index in [1.807, 2.05) is 13.0 Å². The van der Waals surface area contributed by atoms with Gasteiger partial charge in [0.2, 0.25) is 11.9 Å². The number of rotatable bonds is 6. The monoisotopic (exact) mass is 257 g/mol. The molecule has 0 aliphatic heterocycles. The molecule has 1 aromatic carbocycles. The fraction of sp³-hybridized carbons (Fsp3) is 0.357. The van der Waals surface area contributed by atoms with Crippen LogP contribution in [0.3, 0.4) is 0 Å². The normalized spacial score (nSPS) is 10.2. The summed E-state index contributed by atoms with van der Waals surface area (Å²) in [5, 5.41) is 6.15. The van der Waals surface area contributed by atoms with Crippen molar-refractivity contribution < 1.29 is 0 Å². The van der Waals surface area contributed by atoms with Gasteiger partial charge in [-0.25, -0.2) is 0 Å². The molecule has 1 heterocycles. The molecule has 0 saturated carbocycles. The van der Waals surface area contributed by atoms with Crippen LogP contribution in [0.2, 0.25) is 0 Å². The van der Waals surface area contributed by atoms with E-state index < -0.39 is 0 Å². The van der Waals surface area contributed by atoms with Crippen LogP contribution in [0.15, 0.2) is 30.3 Å². The first-order valence-corrected chi connectivity index (χ1v) is 6.46. The minimum absolute atomic E-state index is 0.595. The van der Waals surface area contributed by atoms with Crippen molar-refractivity contribution in [2.45, 2.75) is 19.8 Å². The molecule has 2 rings (SSSR count). The van der Waals surface area contributed by atoms with Crippen molar-refractivity contribution in [2.24, 2.45) is 0 Å². The minimum atomic E-state index is 0.595. The number of hydrogen-bond acceptors (Lipinski definition) is 5. The van der Waals surface area contributed by atoms with Crippen molar-refractivity contribution in [3.05, 3.63) is 41.7 Å². The Morgan fingerprint density at radius 3 is 2.47 bits per heavy atom. The summed E-state index contributed by atoms with van der Waals surface area (Å²) >= 11 is 0. The number of hydrogen-bond donors (Lipinski definition) is 2. The summed E-state index contributed by atoms with van der Waals surface area (Å²) in [6.45, 7) is 2.71. The number of benzene rings is 1. The molecule has 5 nitrogen and oxygen atoms in total. The summed E-state index contributed by atoms with van der Waals surface area (Å²) < 4.78 is 0. The summed E-state index contributed by atoms with van der Waals surface area (Å²) in [5.41, 5.74) is 1.35. The summed E-state index contributed by atoms with van der Waals surface area (Å²) in [4.78, 5) is 12.7. The molecule has 0 radical (unpaired) electrons. The molecule has 2 aromatic rings. The lowest BCUT2D eigenvalue weighted by atomic mass is 10.1. The molecule has 5 heteroatoms. The lowest BCUT2D eigenvalue weighted by molar-refractivity contribution is 0.846. The summed E-state index contributed by atoms with van der Waals surface area (Å²) in [7, 11) is 1.80. The lowest BCUT2D eigenvalue weighted by Crippen LogP contribution is -2.10. The highest BCUT2D eigenvalue weighted by atomic mass is 15.2. The second-order valence-corrected chi connectivity index (χ2v) is 4.30. The van der Waals surface area contributed by atoms with E-state index in [2.05, 4.69) is 49.9 Å². The Labute approximate surface area is 113 Å². The fourth-order valence-electron chi connectivity index (χ4n) is 1.81. The Morgan fingerprint density at radius 1 is 1.00 bits per heavy atom. The zero-order valence-corrected chi connectivity index (χ0v) is 11.3. The van der Waals surface area contributed by atoms with Gasteiger partial charge in [-0.2, -0.15) is 15.0 Å². The topological polar surface area (TPSA) is 62.7 Å². The van der Waals surface area contributed by atoms with Crippen LogP contribution in [0.25, 0.3) is 0 Å². The van der Waals surface area contributed by atoms with Gasteiger partial charge < -0.3 is 10.6 Å². The Bertz CT molecular complexity index is 512. The van der Waals surface area contributed by atoms with E-state index in [0.29, 0.717) is 17.7 Å². The molecule has 0 fully saturated rings. The van der Waals surface area contributed by atoms with Gasteiger partial charge in [-0.1, -0.05) is 30.3 Å². The second kappa shape index (κ2) is 6.68. The van der Waals surface area contributed by atoms with Gasteiger partial charge in [0.25, 0.3) is 0 Å². The zero-order valence-electron chi connectivity index (χ0n) is 11.3. The molecule has 0 spiro atoms. The zero-order chi connectivity index (χ0) is 13.5. The molecule has 0 saturated heterocycles. The van der Waals surface area contributed by atoms with E-state index in [-0.39, 0.29) is 0 Å². The number of nitrogens with one attached hydrogen (secondary N) is 2. The Kier molecular flexibility index (Phi) is 4.66. The van der Waals surface area contributed by atoms with Crippen LogP contribution in [0, 0.1) is 6.92 Å². The fourth-order valence-corrected chi connectivity index (χ4v) is 1.81. The predicted octanol–water partition coefficient (Wildman–Crippen LogP) is 2.27. The maximum Gasteiger partial charge on any atom is 0.227 e. The van der Waals surface area contributed by atoms with E-state index in [4.69, 9.17) is 0 Å². The largest absolute Gasteiger partial charge is 0.357 e. The molecule has 0 amide bonds. The van der Waals surface area contributed by atoms with Gasteiger partial charge in [0.1, 0.15) is 5.82 Å². The minimum Gasteiger partial charge on any atom is -0.357 e. The van der Waals surface area contributed by atoms with Crippen LogP contribution in [0.4, 0.5) is 11.9 Å². The third-order valence-corrected chi connectivity index (χ3v) is 2.74. The van der Waals surface area contributed by atoms with Crippen molar-refractivity contribution >= 4 is 11.9 Å². The predicted molar refractivity (Wildman–Crippen MR) is 77.4 cm³/mol. The van der Waals surface area contributed by atoms with Crippen molar-refractivity contribution in [1.29, 1.82) is 0 Å². The molecule has 0 atom stereocenters. The van der Waals surface area contributed by atoms with Crippen molar-refractivity contribution in [1.82, 2.24) is 15.0 Å². The van der Waals surface area contributed by atoms with Crippen LogP contribution in [-0.4, -0.2) is 28.5 Å². The van der Waals surface area contributed by atoms with Gasteiger partial charge >= 0.3 is 0 Å². The molecule has 0 bridgehead atoms. The molecule has 1 aromatic heterocycles. The Hall–Kier alpha value is -2.17. The van der Waals surface area contributed by atoms with E-state index in [1.165, 1.54) is 5.56 Å². The summed E-state index contributed by atoms with van der Waals surface area (Å²) in [6.07, 6.45) is 2.10. The summed E-state index contributed by atoms with van der Waals surface area (Å²) in [6, 6.07) is 10.5. The first-order valence-electron chi connectivity index (χ1n) is 6.46. The first-order chi connectivity index (χ1) is 9.28. The van der Waals surface area contributed by atoms with Crippen LogP contribution >= 0.6 is 0 Å². The van der Waals surface area contributed by atoms with Crippen molar-refractivity contribution in [3.8, 4) is 0 Å². The first kappa shape index (κ1) is 13.3. The van der Waals surface area contributed by atoms with Gasteiger partial charge in [0.15, 0.2) is 0 Å². The molecule has 2 N–H and O–H groups in total. The molecule has 0 aliphatic rings. The van der Waals surface area contributed by atoms with E-state index in [0.717, 1.165) is 19.4 Å². The highest BCUT2D eigenvalue weighted by molar-refractivity contribution is 5.33. The maximum atomic E-state index is 4.25. The van der Waals surface area contributed by atoms with Gasteiger partial charge in [-0.3, -0.25) is 0 Å². The van der Waals surface area contributed by atoms with Gasteiger partial charge in [0.05, 0.1) is 0 Å². The van der Waals surface area contributed by atoms with E-state index >= 15 is 0 Å². The average Bonchev–Trinajstić information content (AvgIpc) is 2.44. The van der Waals surface area contributed by atoms with Crippen LogP contribution in [0.1, 0.15) is 17.8 Å². The number of aryl methyl sites for hydroxylation is 2. The van der Waals surface area contributed by atoms with Crippen LogP contribution < -0.4 is 10.6 Å². The lowest BCUT2D eigenvalue weighted by Gasteiger charge is -2.07. The number of aromatic nitrogens is 3. The molecule has 0 aliphatic carbocycles. The van der Waals surface area contributed by atoms with Crippen LogP contribution in [0.5, 0.6) is 0 Å². The third-order valence-electron chi connectivity index (χ3n) is 2.74. The maximum absolute atomic E-state index is 4.25. The summed E-state index contributed by atoms with van der Waals surface area (Å²) in [5.74, 6) is 1.94. The molecule has 19 heavy (non-hydrogen) atoms. The van der Waals surface area contributed by atoms with E-state index in [9.17, 15) is 0 Å². The highest BCUT2D eigenvalue weighted by Gasteiger charge is 2.01. The SMILES string of the molecule is CNc1nc(C)nc(NCCCc2ccccc2)n1. The van der Waals surface area contributed by atoms with E-state index in [1.54, 1.807) is 7.05 Å². The van der Waals surface area contributed by atoms with Gasteiger partial charge in [0, 0.05) is 13.6 Å². The molecular weight excluding hydrogens is 238 g/mol. The Balaban J connectivity index is 1.81. The molecule has 0 unspecified atom stereocenters. The van der Waals surface area contributed by atoms with Gasteiger partial charge in [-0.05, 0) is 25.3 Å². The quantitative estimate of drug-likeness (QED) is 0.777. The number of anilines is 2.